The van der Waals surface area contributed by atoms with Crippen molar-refractivity contribution in [1.82, 2.24) is 15.1 Å². The number of amides is 3. The van der Waals surface area contributed by atoms with Crippen molar-refractivity contribution in [3.05, 3.63) is 70.8 Å². The smallest absolute Gasteiger partial charge is 0.353 e. The quantitative estimate of drug-likeness (QED) is 0.629. The van der Waals surface area contributed by atoms with Crippen molar-refractivity contribution in [3.8, 4) is 0 Å². The fourth-order valence-electron chi connectivity index (χ4n) is 5.01. The average Bonchev–Trinajstić information content (AvgIpc) is 3.25. The van der Waals surface area contributed by atoms with Crippen LogP contribution in [-0.2, 0) is 27.0 Å². The summed E-state index contributed by atoms with van der Waals surface area (Å²) in [4.78, 5) is 42.8. The van der Waals surface area contributed by atoms with Crippen molar-refractivity contribution in [3.63, 3.8) is 0 Å². The lowest BCUT2D eigenvalue weighted by Crippen LogP contribution is -2.60. The second kappa shape index (κ2) is 10.8. The van der Waals surface area contributed by atoms with Crippen molar-refractivity contribution in [1.29, 1.82) is 0 Å². The first kappa shape index (κ1) is 27.6. The van der Waals surface area contributed by atoms with Gasteiger partial charge in [-0.2, -0.15) is 13.2 Å². The molecule has 2 aromatic carbocycles. The summed E-state index contributed by atoms with van der Waals surface area (Å²) < 4.78 is 45.4. The highest BCUT2D eigenvalue weighted by Gasteiger charge is 2.54. The molecule has 2 aliphatic heterocycles. The summed E-state index contributed by atoms with van der Waals surface area (Å²) in [5.74, 6) is -1.02. The number of nitrogens with one attached hydrogen (secondary N) is 1. The summed E-state index contributed by atoms with van der Waals surface area (Å²) >= 11 is 0. The Morgan fingerprint density at radius 1 is 1.08 bits per heavy atom. The van der Waals surface area contributed by atoms with E-state index in [0.29, 0.717) is 37.1 Å². The van der Waals surface area contributed by atoms with Gasteiger partial charge in [0, 0.05) is 44.0 Å². The number of aryl methyl sites for hydroxylation is 1. The minimum atomic E-state index is -4.49. The van der Waals surface area contributed by atoms with E-state index in [4.69, 9.17) is 4.74 Å². The molecule has 1 unspecified atom stereocenters. The molecule has 4 rings (SSSR count). The van der Waals surface area contributed by atoms with Crippen molar-refractivity contribution in [2.75, 3.05) is 19.7 Å². The molecule has 1 spiro atoms. The zero-order valence-electron chi connectivity index (χ0n) is 21.7. The lowest BCUT2D eigenvalue weighted by Gasteiger charge is -2.44. The van der Waals surface area contributed by atoms with Gasteiger partial charge in [0.2, 0.25) is 11.8 Å². The molecular weight excluding hydrogens is 499 g/mol. The Balaban J connectivity index is 1.55. The first-order chi connectivity index (χ1) is 17.9. The molecule has 7 nitrogen and oxygen atoms in total. The van der Waals surface area contributed by atoms with E-state index in [1.54, 1.807) is 17.0 Å². The largest absolute Gasteiger partial charge is 0.416 e. The maximum Gasteiger partial charge on any atom is 0.416 e. The SMILES string of the molecule is Cc1ccc(C(=O)N2C(C(=O)NCc3cccc(C(F)(F)F)c3)COC23CCN(C(=O)C(C)C)CC3)cc1. The van der Waals surface area contributed by atoms with Gasteiger partial charge >= 0.3 is 6.18 Å². The molecule has 0 aromatic heterocycles. The number of alkyl halides is 3. The number of hydrogen-bond acceptors (Lipinski definition) is 4. The van der Waals surface area contributed by atoms with Gasteiger partial charge in [0.25, 0.3) is 5.91 Å². The molecule has 204 valence electrons. The van der Waals surface area contributed by atoms with E-state index in [-0.39, 0.29) is 30.9 Å². The molecule has 0 bridgehead atoms. The predicted octanol–water partition coefficient (Wildman–Crippen LogP) is 4.15. The molecule has 2 fully saturated rings. The molecule has 38 heavy (non-hydrogen) atoms. The third-order valence-corrected chi connectivity index (χ3v) is 7.15. The van der Waals surface area contributed by atoms with Gasteiger partial charge in [-0.05, 0) is 36.8 Å². The number of carbonyl (C=O) groups is 3. The maximum atomic E-state index is 13.8. The van der Waals surface area contributed by atoms with Gasteiger partial charge in [-0.1, -0.05) is 43.7 Å². The minimum absolute atomic E-state index is 0.0182. The average molecular weight is 532 g/mol. The van der Waals surface area contributed by atoms with E-state index >= 15 is 0 Å². The number of rotatable bonds is 5. The van der Waals surface area contributed by atoms with Gasteiger partial charge in [-0.3, -0.25) is 19.3 Å². The van der Waals surface area contributed by atoms with Gasteiger partial charge in [0.05, 0.1) is 12.2 Å². The molecule has 2 heterocycles. The van der Waals surface area contributed by atoms with Crippen LogP contribution in [0.5, 0.6) is 0 Å². The van der Waals surface area contributed by atoms with E-state index in [9.17, 15) is 27.6 Å². The van der Waals surface area contributed by atoms with Gasteiger partial charge < -0.3 is 15.0 Å². The second-order valence-corrected chi connectivity index (χ2v) is 10.2. The number of halogens is 3. The first-order valence-electron chi connectivity index (χ1n) is 12.7. The Kier molecular flexibility index (Phi) is 7.83. The third-order valence-electron chi connectivity index (χ3n) is 7.15. The van der Waals surface area contributed by atoms with Gasteiger partial charge in [-0.15, -0.1) is 0 Å². The van der Waals surface area contributed by atoms with E-state index in [2.05, 4.69) is 5.32 Å². The van der Waals surface area contributed by atoms with Crippen LogP contribution in [-0.4, -0.2) is 59.0 Å². The van der Waals surface area contributed by atoms with Crippen LogP contribution in [0.2, 0.25) is 0 Å². The van der Waals surface area contributed by atoms with E-state index in [1.165, 1.54) is 17.0 Å². The van der Waals surface area contributed by atoms with Gasteiger partial charge in [0.15, 0.2) is 0 Å². The second-order valence-electron chi connectivity index (χ2n) is 10.2. The summed E-state index contributed by atoms with van der Waals surface area (Å²) in [6, 6.07) is 10.8. The number of piperidine rings is 1. The molecule has 1 atom stereocenters. The Morgan fingerprint density at radius 3 is 2.34 bits per heavy atom. The fraction of sp³-hybridized carbons (Fsp3) is 0.464. The minimum Gasteiger partial charge on any atom is -0.353 e. The van der Waals surface area contributed by atoms with Crippen LogP contribution in [0.25, 0.3) is 0 Å². The molecule has 3 amide bonds. The van der Waals surface area contributed by atoms with Crippen LogP contribution in [0.15, 0.2) is 48.5 Å². The van der Waals surface area contributed by atoms with E-state index in [1.807, 2.05) is 32.9 Å². The Hall–Kier alpha value is -3.40. The van der Waals surface area contributed by atoms with Crippen molar-refractivity contribution >= 4 is 17.7 Å². The normalized spacial score (nSPS) is 19.2. The predicted molar refractivity (Wildman–Crippen MR) is 134 cm³/mol. The molecule has 0 radical (unpaired) electrons. The van der Waals surface area contributed by atoms with Gasteiger partial charge in [0.1, 0.15) is 11.8 Å². The van der Waals surface area contributed by atoms with Crippen LogP contribution in [0.3, 0.4) is 0 Å². The lowest BCUT2D eigenvalue weighted by molar-refractivity contribution is -0.146. The van der Waals surface area contributed by atoms with Crippen molar-refractivity contribution in [2.45, 2.75) is 58.1 Å². The molecule has 2 aliphatic rings. The number of nitrogens with zero attached hydrogens (tertiary/aromatic N) is 2. The molecular formula is C28H32F3N3O4. The zero-order valence-corrected chi connectivity index (χ0v) is 21.7. The standard InChI is InChI=1S/C28H32F3N3O4/c1-18(2)25(36)33-13-11-27(12-14-33)34(26(37)21-9-7-19(3)8-10-21)23(17-38-27)24(35)32-16-20-5-4-6-22(15-20)28(29,30)31/h4-10,15,18,23H,11-14,16-17H2,1-3H3,(H,32,35). The van der Waals surface area contributed by atoms with Crippen LogP contribution >= 0.6 is 0 Å². The van der Waals surface area contributed by atoms with Crippen molar-refractivity contribution < 1.29 is 32.3 Å². The summed E-state index contributed by atoms with van der Waals surface area (Å²) in [6.07, 6.45) is -3.80. The summed E-state index contributed by atoms with van der Waals surface area (Å²) in [5, 5.41) is 2.68. The number of ether oxygens (including phenoxy) is 1. The number of carbonyl (C=O) groups excluding carboxylic acids is 3. The van der Waals surface area contributed by atoms with Gasteiger partial charge in [-0.25, -0.2) is 0 Å². The first-order valence-corrected chi connectivity index (χ1v) is 12.7. The Labute approximate surface area is 219 Å². The summed E-state index contributed by atoms with van der Waals surface area (Å²) in [6.45, 7) is 6.15. The highest BCUT2D eigenvalue weighted by molar-refractivity contribution is 5.98. The van der Waals surface area contributed by atoms with E-state index < -0.39 is 29.4 Å². The molecule has 0 saturated carbocycles. The van der Waals surface area contributed by atoms with Crippen LogP contribution in [0.4, 0.5) is 13.2 Å². The lowest BCUT2D eigenvalue weighted by atomic mass is 9.95. The van der Waals surface area contributed by atoms with Crippen LogP contribution < -0.4 is 5.32 Å². The fourth-order valence-corrected chi connectivity index (χ4v) is 5.01. The van der Waals surface area contributed by atoms with Crippen LogP contribution in [0, 0.1) is 12.8 Å². The van der Waals surface area contributed by atoms with Crippen LogP contribution in [0.1, 0.15) is 53.7 Å². The highest BCUT2D eigenvalue weighted by Crippen LogP contribution is 2.39. The zero-order chi connectivity index (χ0) is 27.7. The topological polar surface area (TPSA) is 79.0 Å². The summed E-state index contributed by atoms with van der Waals surface area (Å²) in [5.41, 5.74) is -0.194. The molecule has 2 aromatic rings. The Bertz CT molecular complexity index is 1190. The molecule has 10 heteroatoms. The van der Waals surface area contributed by atoms with Crippen molar-refractivity contribution in [2.24, 2.45) is 5.92 Å². The maximum absolute atomic E-state index is 13.8. The summed E-state index contributed by atoms with van der Waals surface area (Å²) in [7, 11) is 0. The Morgan fingerprint density at radius 2 is 1.74 bits per heavy atom. The number of benzene rings is 2. The molecule has 2 saturated heterocycles. The third kappa shape index (κ3) is 5.70. The van der Waals surface area contributed by atoms with E-state index in [0.717, 1.165) is 17.7 Å². The number of likely N-dealkylation sites (tertiary alicyclic amines) is 1. The molecule has 1 N–H and O–H groups in total. The number of hydrogen-bond donors (Lipinski definition) is 1. The highest BCUT2D eigenvalue weighted by atomic mass is 19.4. The molecule has 0 aliphatic carbocycles. The monoisotopic (exact) mass is 531 g/mol.